The molecule has 0 saturated heterocycles. The van der Waals surface area contributed by atoms with Crippen LogP contribution >= 0.6 is 11.6 Å². The fraction of sp³-hybridized carbons (Fsp3) is 0. The molecular weight excluding hydrogens is 210 g/mol. The van der Waals surface area contributed by atoms with Gasteiger partial charge in [-0.2, -0.15) is 0 Å². The van der Waals surface area contributed by atoms with Gasteiger partial charge in [0.1, 0.15) is 5.75 Å². The number of hydrogen-bond donors (Lipinski definition) is 2. The van der Waals surface area contributed by atoms with Crippen LogP contribution in [0, 0.1) is 0 Å². The van der Waals surface area contributed by atoms with Gasteiger partial charge in [0, 0.05) is 5.56 Å². The van der Waals surface area contributed by atoms with Crippen molar-refractivity contribution in [2.24, 2.45) is 0 Å². The summed E-state index contributed by atoms with van der Waals surface area (Å²) in [5, 5.41) is 10.1. The van der Waals surface area contributed by atoms with Gasteiger partial charge >= 0.3 is 0 Å². The summed E-state index contributed by atoms with van der Waals surface area (Å²) < 4.78 is 0. The van der Waals surface area contributed by atoms with Crippen molar-refractivity contribution >= 4 is 17.3 Å². The fourth-order valence-electron chi connectivity index (χ4n) is 1.41. The van der Waals surface area contributed by atoms with Crippen LogP contribution in [-0.4, -0.2) is 5.11 Å². The highest BCUT2D eigenvalue weighted by Gasteiger charge is 2.04. The third kappa shape index (κ3) is 1.90. The minimum Gasteiger partial charge on any atom is -0.507 e. The van der Waals surface area contributed by atoms with Crippen molar-refractivity contribution in [1.82, 2.24) is 0 Å². The molecule has 3 heteroatoms. The van der Waals surface area contributed by atoms with Gasteiger partial charge in [-0.15, -0.1) is 0 Å². The maximum Gasteiger partial charge on any atom is 0.123 e. The molecule has 2 aromatic carbocycles. The van der Waals surface area contributed by atoms with E-state index in [-0.39, 0.29) is 5.75 Å². The Morgan fingerprint density at radius 1 is 1.07 bits per heavy atom. The van der Waals surface area contributed by atoms with E-state index in [1.165, 1.54) is 0 Å². The smallest absolute Gasteiger partial charge is 0.123 e. The predicted molar refractivity (Wildman–Crippen MR) is 63.0 cm³/mol. The number of phenolic OH excluding ortho intramolecular Hbond substituents is 1. The number of phenols is 1. The van der Waals surface area contributed by atoms with Gasteiger partial charge in [0.15, 0.2) is 0 Å². The number of aromatic hydroxyl groups is 1. The van der Waals surface area contributed by atoms with E-state index in [4.69, 9.17) is 17.3 Å². The molecule has 0 radical (unpaired) electrons. The Hall–Kier alpha value is -1.67. The highest BCUT2D eigenvalue weighted by molar-refractivity contribution is 6.33. The molecule has 0 aliphatic heterocycles. The molecule has 0 bridgehead atoms. The molecule has 15 heavy (non-hydrogen) atoms. The summed E-state index contributed by atoms with van der Waals surface area (Å²) in [4.78, 5) is 0. The summed E-state index contributed by atoms with van der Waals surface area (Å²) in [6.07, 6.45) is 0. The van der Waals surface area contributed by atoms with Gasteiger partial charge in [0.05, 0.1) is 10.7 Å². The summed E-state index contributed by atoms with van der Waals surface area (Å²) in [5.41, 5.74) is 7.75. The van der Waals surface area contributed by atoms with E-state index < -0.39 is 0 Å². The van der Waals surface area contributed by atoms with Crippen molar-refractivity contribution in [3.63, 3.8) is 0 Å². The summed E-state index contributed by atoms with van der Waals surface area (Å²) in [7, 11) is 0. The lowest BCUT2D eigenvalue weighted by atomic mass is 10.0. The monoisotopic (exact) mass is 219 g/mol. The first kappa shape index (κ1) is 9.87. The van der Waals surface area contributed by atoms with Crippen molar-refractivity contribution in [3.8, 4) is 16.9 Å². The van der Waals surface area contributed by atoms with Gasteiger partial charge in [0.25, 0.3) is 0 Å². The molecule has 0 fully saturated rings. The number of anilines is 1. The quantitative estimate of drug-likeness (QED) is 0.723. The molecule has 0 heterocycles. The SMILES string of the molecule is Nc1ccc(-c2ccccc2O)cc1Cl. The molecule has 2 aromatic rings. The molecule has 0 spiro atoms. The molecule has 76 valence electrons. The van der Waals surface area contributed by atoms with Crippen LogP contribution in [0.25, 0.3) is 11.1 Å². The molecule has 2 rings (SSSR count). The van der Waals surface area contributed by atoms with Gasteiger partial charge < -0.3 is 10.8 Å². The van der Waals surface area contributed by atoms with Gasteiger partial charge in [-0.25, -0.2) is 0 Å². The molecule has 0 atom stereocenters. The van der Waals surface area contributed by atoms with Crippen molar-refractivity contribution in [2.45, 2.75) is 0 Å². The zero-order valence-corrected chi connectivity index (χ0v) is 8.70. The second-order valence-electron chi connectivity index (χ2n) is 3.25. The predicted octanol–water partition coefficient (Wildman–Crippen LogP) is 3.29. The minimum absolute atomic E-state index is 0.235. The van der Waals surface area contributed by atoms with E-state index in [0.29, 0.717) is 10.7 Å². The standard InChI is InChI=1S/C12H10ClNO/c13-10-7-8(5-6-11(10)14)9-3-1-2-4-12(9)15/h1-7,15H,14H2. The van der Waals surface area contributed by atoms with Crippen LogP contribution in [0.3, 0.4) is 0 Å². The Balaban J connectivity index is 2.55. The van der Waals surface area contributed by atoms with Crippen LogP contribution in [-0.2, 0) is 0 Å². The number of para-hydroxylation sites is 1. The highest BCUT2D eigenvalue weighted by Crippen LogP contribution is 2.32. The van der Waals surface area contributed by atoms with Crippen LogP contribution in [0.2, 0.25) is 5.02 Å². The molecule has 0 aliphatic rings. The fourth-order valence-corrected chi connectivity index (χ4v) is 1.59. The van der Waals surface area contributed by atoms with Crippen molar-refractivity contribution in [2.75, 3.05) is 5.73 Å². The Kier molecular flexibility index (Phi) is 2.52. The average molecular weight is 220 g/mol. The molecule has 0 aliphatic carbocycles. The lowest BCUT2D eigenvalue weighted by molar-refractivity contribution is 0.477. The summed E-state index contributed by atoms with van der Waals surface area (Å²) in [6, 6.07) is 12.4. The molecule has 0 aromatic heterocycles. The zero-order valence-electron chi connectivity index (χ0n) is 7.94. The number of rotatable bonds is 1. The van der Waals surface area contributed by atoms with Gasteiger partial charge in [-0.05, 0) is 23.8 Å². The van der Waals surface area contributed by atoms with Crippen molar-refractivity contribution in [1.29, 1.82) is 0 Å². The largest absolute Gasteiger partial charge is 0.507 e. The van der Waals surface area contributed by atoms with E-state index >= 15 is 0 Å². The second-order valence-corrected chi connectivity index (χ2v) is 3.66. The van der Waals surface area contributed by atoms with Gasteiger partial charge in [0.2, 0.25) is 0 Å². The topological polar surface area (TPSA) is 46.2 Å². The lowest BCUT2D eigenvalue weighted by Crippen LogP contribution is -1.86. The van der Waals surface area contributed by atoms with E-state index in [1.807, 2.05) is 18.2 Å². The van der Waals surface area contributed by atoms with E-state index in [2.05, 4.69) is 0 Å². The van der Waals surface area contributed by atoms with Gasteiger partial charge in [-0.1, -0.05) is 35.9 Å². The van der Waals surface area contributed by atoms with E-state index in [9.17, 15) is 5.11 Å². The first-order valence-electron chi connectivity index (χ1n) is 4.52. The molecule has 0 unspecified atom stereocenters. The van der Waals surface area contributed by atoms with Crippen LogP contribution in [0.15, 0.2) is 42.5 Å². The molecule has 2 nitrogen and oxygen atoms in total. The summed E-state index contributed by atoms with van der Waals surface area (Å²) >= 11 is 5.91. The maximum atomic E-state index is 9.65. The molecule has 0 saturated carbocycles. The Labute approximate surface area is 92.9 Å². The summed E-state index contributed by atoms with van der Waals surface area (Å²) in [6.45, 7) is 0. The number of nitrogen functional groups attached to an aromatic ring is 1. The van der Waals surface area contributed by atoms with Gasteiger partial charge in [-0.3, -0.25) is 0 Å². The number of halogens is 1. The Morgan fingerprint density at radius 3 is 2.47 bits per heavy atom. The summed E-state index contributed by atoms with van der Waals surface area (Å²) in [5.74, 6) is 0.235. The first-order valence-corrected chi connectivity index (χ1v) is 4.89. The zero-order chi connectivity index (χ0) is 10.8. The van der Waals surface area contributed by atoms with E-state index in [0.717, 1.165) is 11.1 Å². The molecule has 0 amide bonds. The number of hydrogen-bond acceptors (Lipinski definition) is 2. The number of nitrogens with two attached hydrogens (primary N) is 1. The average Bonchev–Trinajstić information content (AvgIpc) is 2.23. The Bertz CT molecular complexity index is 497. The highest BCUT2D eigenvalue weighted by atomic mass is 35.5. The van der Waals surface area contributed by atoms with Crippen LogP contribution in [0.5, 0.6) is 5.75 Å². The second kappa shape index (κ2) is 3.83. The van der Waals surface area contributed by atoms with Crippen molar-refractivity contribution < 1.29 is 5.11 Å². The molecule has 3 N–H and O–H groups in total. The van der Waals surface area contributed by atoms with Crippen LogP contribution in [0.1, 0.15) is 0 Å². The van der Waals surface area contributed by atoms with Crippen LogP contribution < -0.4 is 5.73 Å². The lowest BCUT2D eigenvalue weighted by Gasteiger charge is -2.05. The maximum absolute atomic E-state index is 9.65. The minimum atomic E-state index is 0.235. The van der Waals surface area contributed by atoms with E-state index in [1.54, 1.807) is 24.3 Å². The third-order valence-electron chi connectivity index (χ3n) is 2.22. The normalized spacial score (nSPS) is 10.2. The first-order chi connectivity index (χ1) is 7.18. The van der Waals surface area contributed by atoms with Crippen LogP contribution in [0.4, 0.5) is 5.69 Å². The Morgan fingerprint density at radius 2 is 1.80 bits per heavy atom. The third-order valence-corrected chi connectivity index (χ3v) is 2.54. The molecular formula is C12H10ClNO. The van der Waals surface area contributed by atoms with Crippen molar-refractivity contribution in [3.05, 3.63) is 47.5 Å². The number of benzene rings is 2.